The molecule has 0 bridgehead atoms. The minimum Gasteiger partial charge on any atom is -0.496 e. The summed E-state index contributed by atoms with van der Waals surface area (Å²) in [6.45, 7) is 18.3. The SMILES string of the molecule is CCC(C)Cn1nc(C(=O)N[C@H](CC(=O)NC2CC2)CC(C)C)cc1-c1c(OC)cccc1OC.CCC(CC)Cn1nc(C(=O)N[C@H](CC(=O)NC2CC2)CC(C)C)cc1-c1c(OC)cccc1OC. The largest absolute Gasteiger partial charge is 0.496 e. The molecule has 0 saturated heterocycles. The molecular formula is C55H82N8O8. The van der Waals surface area contributed by atoms with E-state index in [1.165, 1.54) is 0 Å². The van der Waals surface area contributed by atoms with E-state index < -0.39 is 0 Å². The van der Waals surface area contributed by atoms with E-state index in [-0.39, 0.29) is 48.6 Å². The Labute approximate surface area is 422 Å². The molecule has 2 aliphatic rings. The number of carbonyl (C=O) groups is 4. The third kappa shape index (κ3) is 16.5. The Hall–Kier alpha value is -6.06. The second kappa shape index (κ2) is 27.0. The predicted octanol–water partition coefficient (Wildman–Crippen LogP) is 9.24. The number of ether oxygens (including phenoxy) is 4. The lowest BCUT2D eigenvalue weighted by atomic mass is 10.0. The van der Waals surface area contributed by atoms with Crippen LogP contribution in [-0.4, -0.2) is 95.8 Å². The first-order valence-electron chi connectivity index (χ1n) is 25.8. The molecule has 4 N–H and O–H groups in total. The minimum atomic E-state index is -0.284. The number of aromatic nitrogens is 4. The van der Waals surface area contributed by atoms with E-state index >= 15 is 0 Å². The molecule has 16 heteroatoms. The van der Waals surface area contributed by atoms with Crippen molar-refractivity contribution < 1.29 is 38.1 Å². The van der Waals surface area contributed by atoms with Gasteiger partial charge in [-0.25, -0.2) is 0 Å². The Balaban J connectivity index is 0.000000264. The van der Waals surface area contributed by atoms with Crippen molar-refractivity contribution in [2.45, 2.75) is 163 Å². The lowest BCUT2D eigenvalue weighted by Gasteiger charge is -2.20. The number of nitrogens with zero attached hydrogens (tertiary/aromatic N) is 4. The van der Waals surface area contributed by atoms with Crippen molar-refractivity contribution in [3.63, 3.8) is 0 Å². The number of hydrogen-bond donors (Lipinski definition) is 4. The summed E-state index contributed by atoms with van der Waals surface area (Å²) in [5, 5.41) is 21.6. The van der Waals surface area contributed by atoms with Gasteiger partial charge < -0.3 is 40.2 Å². The quantitative estimate of drug-likeness (QED) is 0.0448. The van der Waals surface area contributed by atoms with Crippen LogP contribution in [-0.2, 0) is 22.7 Å². The van der Waals surface area contributed by atoms with Crippen LogP contribution in [0, 0.1) is 23.7 Å². The summed E-state index contributed by atoms with van der Waals surface area (Å²) in [5.41, 5.74) is 3.69. The molecule has 0 radical (unpaired) electrons. The van der Waals surface area contributed by atoms with E-state index in [4.69, 9.17) is 24.0 Å². The van der Waals surface area contributed by atoms with Crippen molar-refractivity contribution in [1.29, 1.82) is 0 Å². The zero-order valence-electron chi connectivity index (χ0n) is 44.5. The third-order valence-corrected chi connectivity index (χ3v) is 13.1. The molecule has 4 aromatic rings. The Bertz CT molecular complexity index is 2320. The van der Waals surface area contributed by atoms with Crippen molar-refractivity contribution in [2.24, 2.45) is 23.7 Å². The van der Waals surface area contributed by atoms with Gasteiger partial charge in [-0.1, -0.05) is 86.8 Å². The van der Waals surface area contributed by atoms with Crippen molar-refractivity contribution in [2.75, 3.05) is 28.4 Å². The van der Waals surface area contributed by atoms with Gasteiger partial charge in [-0.15, -0.1) is 0 Å². The molecule has 3 atom stereocenters. The summed E-state index contributed by atoms with van der Waals surface area (Å²) in [4.78, 5) is 51.6. The van der Waals surface area contributed by atoms with Gasteiger partial charge in [0.1, 0.15) is 23.0 Å². The van der Waals surface area contributed by atoms with E-state index in [9.17, 15) is 19.2 Å². The van der Waals surface area contributed by atoms with Gasteiger partial charge in [0, 0.05) is 50.1 Å². The van der Waals surface area contributed by atoms with Crippen LogP contribution < -0.4 is 40.2 Å². The number of rotatable bonds is 27. The van der Waals surface area contributed by atoms with Gasteiger partial charge in [-0.05, 0) is 98.6 Å². The first kappa shape index (κ1) is 55.9. The van der Waals surface area contributed by atoms with Crippen LogP contribution >= 0.6 is 0 Å². The van der Waals surface area contributed by atoms with Gasteiger partial charge in [0.25, 0.3) is 11.8 Å². The predicted molar refractivity (Wildman–Crippen MR) is 278 cm³/mol. The van der Waals surface area contributed by atoms with Crippen molar-refractivity contribution in [3.05, 3.63) is 59.9 Å². The fourth-order valence-electron chi connectivity index (χ4n) is 8.68. The number of carbonyl (C=O) groups excluding carboxylic acids is 4. The summed E-state index contributed by atoms with van der Waals surface area (Å²) < 4.78 is 26.3. The molecule has 2 heterocycles. The van der Waals surface area contributed by atoms with Crippen LogP contribution in [0.15, 0.2) is 48.5 Å². The first-order valence-corrected chi connectivity index (χ1v) is 25.8. The number of benzene rings is 2. The van der Waals surface area contributed by atoms with Gasteiger partial charge >= 0.3 is 0 Å². The van der Waals surface area contributed by atoms with Crippen LogP contribution in [0.5, 0.6) is 23.0 Å². The zero-order valence-corrected chi connectivity index (χ0v) is 44.5. The summed E-state index contributed by atoms with van der Waals surface area (Å²) in [7, 11) is 6.47. The van der Waals surface area contributed by atoms with Crippen LogP contribution in [0.2, 0.25) is 0 Å². The number of methoxy groups -OCH3 is 4. The van der Waals surface area contributed by atoms with Crippen molar-refractivity contribution in [3.8, 4) is 45.5 Å². The maximum absolute atomic E-state index is 13.4. The molecule has 16 nitrogen and oxygen atoms in total. The first-order chi connectivity index (χ1) is 34.0. The Morgan fingerprint density at radius 3 is 1.25 bits per heavy atom. The third-order valence-electron chi connectivity index (χ3n) is 13.1. The van der Waals surface area contributed by atoms with E-state index in [1.54, 1.807) is 40.6 Å². The molecule has 6 rings (SSSR count). The van der Waals surface area contributed by atoms with E-state index in [0.717, 1.165) is 67.5 Å². The van der Waals surface area contributed by atoms with Crippen LogP contribution in [0.3, 0.4) is 0 Å². The number of amides is 4. The standard InChI is InChI=1S/C28H42N4O4.C27H40N4O4/c1-7-19(8-2)17-32-23(27-24(35-5)10-9-11-25(27)36-6)16-22(31-32)28(34)30-21(14-18(3)4)15-26(33)29-20-12-13-20;1-7-18(4)16-31-22(26-23(34-5)9-8-10-24(26)35-6)15-21(30-31)27(33)29-20(13-17(2)3)14-25(32)28-19-11-12-19/h9-11,16,18-21H,7-8,12-15,17H2,1-6H3,(H,29,33)(H,30,34);8-10,15,17-20H,7,11-14,16H2,1-6H3,(H,28,32)(H,29,33)/t21-;18?,20-/m00/s1. The fraction of sp³-hybridized carbons (Fsp3) is 0.600. The summed E-state index contributed by atoms with van der Waals surface area (Å²) >= 11 is 0. The number of nitrogens with one attached hydrogen (secondary N) is 4. The highest BCUT2D eigenvalue weighted by molar-refractivity contribution is 5.95. The van der Waals surface area contributed by atoms with Crippen molar-refractivity contribution >= 4 is 23.6 Å². The van der Waals surface area contributed by atoms with E-state index in [1.807, 2.05) is 45.8 Å². The van der Waals surface area contributed by atoms with Gasteiger partial charge in [0.15, 0.2) is 11.4 Å². The molecule has 2 saturated carbocycles. The lowest BCUT2D eigenvalue weighted by molar-refractivity contribution is -0.122. The molecule has 2 aliphatic carbocycles. The maximum atomic E-state index is 13.4. The van der Waals surface area contributed by atoms with Gasteiger partial charge in [-0.2, -0.15) is 10.2 Å². The molecule has 71 heavy (non-hydrogen) atoms. The van der Waals surface area contributed by atoms with Crippen LogP contribution in [0.4, 0.5) is 0 Å². The van der Waals surface area contributed by atoms with Crippen LogP contribution in [0.25, 0.3) is 22.5 Å². The highest BCUT2D eigenvalue weighted by Crippen LogP contribution is 2.40. The van der Waals surface area contributed by atoms with Crippen molar-refractivity contribution in [1.82, 2.24) is 40.8 Å². The minimum absolute atomic E-state index is 0.0119. The summed E-state index contributed by atoms with van der Waals surface area (Å²) in [6, 6.07) is 14.9. The normalized spacial score (nSPS) is 14.5. The lowest BCUT2D eigenvalue weighted by Crippen LogP contribution is -2.40. The van der Waals surface area contributed by atoms with E-state index in [2.05, 4.69) is 81.8 Å². The maximum Gasteiger partial charge on any atom is 0.272 e. The molecule has 2 aromatic heterocycles. The molecular weight excluding hydrogens is 901 g/mol. The van der Waals surface area contributed by atoms with Gasteiger partial charge in [-0.3, -0.25) is 28.5 Å². The molecule has 1 unspecified atom stereocenters. The van der Waals surface area contributed by atoms with Crippen LogP contribution in [0.1, 0.15) is 147 Å². The van der Waals surface area contributed by atoms with Gasteiger partial charge in [0.2, 0.25) is 11.8 Å². The average Bonchev–Trinajstić information content (AvgIpc) is 4.26. The molecule has 2 aromatic carbocycles. The Morgan fingerprint density at radius 1 is 0.577 bits per heavy atom. The average molecular weight is 983 g/mol. The number of hydrogen-bond acceptors (Lipinski definition) is 10. The highest BCUT2D eigenvalue weighted by Gasteiger charge is 2.30. The smallest absolute Gasteiger partial charge is 0.272 e. The second-order valence-electron chi connectivity index (χ2n) is 20.2. The van der Waals surface area contributed by atoms with Gasteiger partial charge in [0.05, 0.1) is 51.0 Å². The summed E-state index contributed by atoms with van der Waals surface area (Å²) in [6.07, 6.45) is 9.10. The monoisotopic (exact) mass is 983 g/mol. The van der Waals surface area contributed by atoms with E-state index in [0.29, 0.717) is 96.1 Å². The zero-order chi connectivity index (χ0) is 51.8. The molecule has 390 valence electrons. The molecule has 0 aliphatic heterocycles. The topological polar surface area (TPSA) is 189 Å². The second-order valence-corrected chi connectivity index (χ2v) is 20.2. The highest BCUT2D eigenvalue weighted by atomic mass is 16.5. The molecule has 2 fully saturated rings. The molecule has 0 spiro atoms. The summed E-state index contributed by atoms with van der Waals surface area (Å²) in [5.74, 6) is 3.48. The fourth-order valence-corrected chi connectivity index (χ4v) is 8.68. The molecule has 4 amide bonds. The Morgan fingerprint density at radius 2 is 0.944 bits per heavy atom. The Kier molecular flexibility index (Phi) is 21.2.